The molecule has 0 bridgehead atoms. The van der Waals surface area contributed by atoms with Crippen molar-refractivity contribution in [1.82, 2.24) is 24.6 Å². The summed E-state index contributed by atoms with van der Waals surface area (Å²) in [6.07, 6.45) is 12.1. The monoisotopic (exact) mass is 261 g/mol. The highest BCUT2D eigenvalue weighted by molar-refractivity contribution is 5.08. The summed E-state index contributed by atoms with van der Waals surface area (Å²) in [5.74, 6) is 0. The number of aromatic nitrogens is 4. The van der Waals surface area contributed by atoms with Crippen LogP contribution in [0.15, 0.2) is 31.1 Å². The summed E-state index contributed by atoms with van der Waals surface area (Å²) >= 11 is 0. The standard InChI is InChI=1S/C14H23N5/c1-3-19-11-14(10-17-19)13(2)16-6-4-5-8-18-9-7-15-12-18/h7,9-13,16H,3-6,8H2,1-2H3. The van der Waals surface area contributed by atoms with Gasteiger partial charge >= 0.3 is 0 Å². The lowest BCUT2D eigenvalue weighted by Gasteiger charge is -2.11. The van der Waals surface area contributed by atoms with Crippen LogP contribution in [0.4, 0.5) is 0 Å². The fourth-order valence-corrected chi connectivity index (χ4v) is 2.05. The molecule has 0 saturated carbocycles. The Labute approximate surface area is 114 Å². The van der Waals surface area contributed by atoms with Gasteiger partial charge in [0.05, 0.1) is 12.5 Å². The van der Waals surface area contributed by atoms with Gasteiger partial charge in [0.25, 0.3) is 0 Å². The average molecular weight is 261 g/mol. The van der Waals surface area contributed by atoms with Crippen LogP contribution in [-0.2, 0) is 13.1 Å². The molecule has 5 nitrogen and oxygen atoms in total. The summed E-state index contributed by atoms with van der Waals surface area (Å²) in [5, 5.41) is 7.84. The van der Waals surface area contributed by atoms with Crippen LogP contribution in [0.5, 0.6) is 0 Å². The van der Waals surface area contributed by atoms with E-state index >= 15 is 0 Å². The molecular weight excluding hydrogens is 238 g/mol. The predicted octanol–water partition coefficient (Wildman–Crippen LogP) is 2.23. The van der Waals surface area contributed by atoms with Crippen molar-refractivity contribution in [2.75, 3.05) is 6.54 Å². The minimum absolute atomic E-state index is 0.369. The smallest absolute Gasteiger partial charge is 0.0945 e. The molecule has 5 heteroatoms. The van der Waals surface area contributed by atoms with Crippen LogP contribution < -0.4 is 5.32 Å². The fraction of sp³-hybridized carbons (Fsp3) is 0.571. The fourth-order valence-electron chi connectivity index (χ4n) is 2.05. The van der Waals surface area contributed by atoms with Crippen LogP contribution in [0.1, 0.15) is 38.3 Å². The van der Waals surface area contributed by atoms with E-state index in [0.29, 0.717) is 6.04 Å². The Kier molecular flexibility index (Phi) is 5.15. The van der Waals surface area contributed by atoms with Gasteiger partial charge < -0.3 is 9.88 Å². The van der Waals surface area contributed by atoms with E-state index < -0.39 is 0 Å². The van der Waals surface area contributed by atoms with E-state index in [1.807, 2.05) is 29.6 Å². The van der Waals surface area contributed by atoms with Gasteiger partial charge in [0.2, 0.25) is 0 Å². The van der Waals surface area contributed by atoms with Gasteiger partial charge in [-0.1, -0.05) is 0 Å². The van der Waals surface area contributed by atoms with E-state index in [4.69, 9.17) is 0 Å². The van der Waals surface area contributed by atoms with Gasteiger partial charge in [-0.05, 0) is 33.2 Å². The largest absolute Gasteiger partial charge is 0.337 e. The topological polar surface area (TPSA) is 47.7 Å². The maximum atomic E-state index is 4.30. The van der Waals surface area contributed by atoms with Crippen LogP contribution in [-0.4, -0.2) is 25.9 Å². The first kappa shape index (κ1) is 13.8. The first-order chi connectivity index (χ1) is 9.29. The Balaban J connectivity index is 1.62. The van der Waals surface area contributed by atoms with Gasteiger partial charge in [-0.25, -0.2) is 4.98 Å². The molecule has 0 aliphatic rings. The maximum absolute atomic E-state index is 4.30. The molecule has 0 fully saturated rings. The van der Waals surface area contributed by atoms with E-state index in [9.17, 15) is 0 Å². The number of aryl methyl sites for hydroxylation is 2. The van der Waals surface area contributed by atoms with Gasteiger partial charge in [0.15, 0.2) is 0 Å². The molecule has 104 valence electrons. The van der Waals surface area contributed by atoms with E-state index in [0.717, 1.165) is 19.6 Å². The van der Waals surface area contributed by atoms with Crippen molar-refractivity contribution in [3.63, 3.8) is 0 Å². The molecule has 0 spiro atoms. The summed E-state index contributed by atoms with van der Waals surface area (Å²) in [4.78, 5) is 4.04. The van der Waals surface area contributed by atoms with Gasteiger partial charge in [-0.3, -0.25) is 4.68 Å². The van der Waals surface area contributed by atoms with Gasteiger partial charge in [-0.2, -0.15) is 5.10 Å². The quantitative estimate of drug-likeness (QED) is 0.741. The first-order valence-corrected chi connectivity index (χ1v) is 7.01. The SMILES string of the molecule is CCn1cc(C(C)NCCCCn2ccnc2)cn1. The summed E-state index contributed by atoms with van der Waals surface area (Å²) in [6, 6.07) is 0.369. The molecule has 0 radical (unpaired) electrons. The molecule has 1 unspecified atom stereocenters. The van der Waals surface area contributed by atoms with Crippen LogP contribution in [0.2, 0.25) is 0 Å². The summed E-state index contributed by atoms with van der Waals surface area (Å²) in [7, 11) is 0. The molecule has 0 aliphatic carbocycles. The number of imidazole rings is 1. The van der Waals surface area contributed by atoms with Crippen molar-refractivity contribution in [1.29, 1.82) is 0 Å². The first-order valence-electron chi connectivity index (χ1n) is 7.01. The summed E-state index contributed by atoms with van der Waals surface area (Å²) < 4.78 is 4.08. The van der Waals surface area contributed by atoms with E-state index in [2.05, 4.69) is 40.0 Å². The van der Waals surface area contributed by atoms with Crippen molar-refractivity contribution < 1.29 is 0 Å². The normalized spacial score (nSPS) is 12.7. The Morgan fingerprint density at radius 2 is 2.26 bits per heavy atom. The highest BCUT2D eigenvalue weighted by Gasteiger charge is 2.06. The summed E-state index contributed by atoms with van der Waals surface area (Å²) in [6.45, 7) is 7.30. The van der Waals surface area contributed by atoms with Gasteiger partial charge in [-0.15, -0.1) is 0 Å². The zero-order chi connectivity index (χ0) is 13.5. The molecule has 2 heterocycles. The Hall–Kier alpha value is -1.62. The van der Waals surface area contributed by atoms with Crippen LogP contribution in [0, 0.1) is 0 Å². The Morgan fingerprint density at radius 1 is 1.37 bits per heavy atom. The molecule has 2 rings (SSSR count). The molecule has 0 amide bonds. The molecule has 2 aromatic heterocycles. The molecular formula is C14H23N5. The van der Waals surface area contributed by atoms with E-state index in [-0.39, 0.29) is 0 Å². The lowest BCUT2D eigenvalue weighted by Crippen LogP contribution is -2.19. The molecule has 1 atom stereocenters. The number of hydrogen-bond donors (Lipinski definition) is 1. The van der Waals surface area contributed by atoms with Crippen molar-refractivity contribution in [3.8, 4) is 0 Å². The van der Waals surface area contributed by atoms with E-state index in [1.54, 1.807) is 0 Å². The number of hydrogen-bond acceptors (Lipinski definition) is 3. The van der Waals surface area contributed by atoms with E-state index in [1.165, 1.54) is 18.4 Å². The second-order valence-electron chi connectivity index (χ2n) is 4.81. The third-order valence-corrected chi connectivity index (χ3v) is 3.33. The van der Waals surface area contributed by atoms with Gasteiger partial charge in [0, 0.05) is 43.3 Å². The van der Waals surface area contributed by atoms with Crippen LogP contribution >= 0.6 is 0 Å². The molecule has 0 aromatic carbocycles. The second kappa shape index (κ2) is 7.09. The average Bonchev–Trinajstić information content (AvgIpc) is 3.09. The van der Waals surface area contributed by atoms with Crippen LogP contribution in [0.3, 0.4) is 0 Å². The highest BCUT2D eigenvalue weighted by Crippen LogP contribution is 2.10. The predicted molar refractivity (Wildman–Crippen MR) is 75.8 cm³/mol. The van der Waals surface area contributed by atoms with Crippen molar-refractivity contribution in [2.24, 2.45) is 0 Å². The zero-order valence-corrected chi connectivity index (χ0v) is 11.8. The Morgan fingerprint density at radius 3 is 2.95 bits per heavy atom. The Bertz CT molecular complexity index is 460. The van der Waals surface area contributed by atoms with Crippen LogP contribution in [0.25, 0.3) is 0 Å². The minimum atomic E-state index is 0.369. The molecule has 1 N–H and O–H groups in total. The lowest BCUT2D eigenvalue weighted by molar-refractivity contribution is 0.523. The van der Waals surface area contributed by atoms with Gasteiger partial charge in [0.1, 0.15) is 0 Å². The second-order valence-corrected chi connectivity index (χ2v) is 4.81. The van der Waals surface area contributed by atoms with Crippen molar-refractivity contribution in [3.05, 3.63) is 36.7 Å². The molecule has 0 aliphatic heterocycles. The third kappa shape index (κ3) is 4.21. The van der Waals surface area contributed by atoms with Crippen molar-refractivity contribution in [2.45, 2.75) is 45.8 Å². The minimum Gasteiger partial charge on any atom is -0.337 e. The summed E-state index contributed by atoms with van der Waals surface area (Å²) in [5.41, 5.74) is 1.26. The number of rotatable bonds is 8. The highest BCUT2D eigenvalue weighted by atomic mass is 15.3. The third-order valence-electron chi connectivity index (χ3n) is 3.33. The number of nitrogens with zero attached hydrogens (tertiary/aromatic N) is 4. The number of nitrogens with one attached hydrogen (secondary N) is 1. The molecule has 0 saturated heterocycles. The number of unbranched alkanes of at least 4 members (excludes halogenated alkanes) is 1. The zero-order valence-electron chi connectivity index (χ0n) is 11.8. The molecule has 2 aromatic rings. The maximum Gasteiger partial charge on any atom is 0.0945 e. The molecule has 19 heavy (non-hydrogen) atoms. The lowest BCUT2D eigenvalue weighted by atomic mass is 10.2. The van der Waals surface area contributed by atoms with Crippen molar-refractivity contribution >= 4 is 0 Å².